The lowest BCUT2D eigenvalue weighted by Crippen LogP contribution is -2.43. The molecule has 0 atom stereocenters. The van der Waals surface area contributed by atoms with Gasteiger partial charge in [0.2, 0.25) is 0 Å². The molecule has 1 aromatic rings. The van der Waals surface area contributed by atoms with Gasteiger partial charge in [0.1, 0.15) is 5.69 Å². The van der Waals surface area contributed by atoms with Crippen molar-refractivity contribution >= 4 is 5.91 Å². The molecule has 3 N–H and O–H groups in total. The molecule has 3 rings (SSSR count). The Morgan fingerprint density at radius 2 is 2.09 bits per heavy atom. The van der Waals surface area contributed by atoms with Gasteiger partial charge in [0.25, 0.3) is 5.91 Å². The molecular formula is C17H27N3O3. The molecule has 1 saturated carbocycles. The topological polar surface area (TPSA) is 87.2 Å². The summed E-state index contributed by atoms with van der Waals surface area (Å²) >= 11 is 0. The molecule has 2 heterocycles. The number of aliphatic hydroxyl groups excluding tert-OH is 1. The highest BCUT2D eigenvalue weighted by Crippen LogP contribution is 2.32. The Balaban J connectivity index is 1.56. The van der Waals surface area contributed by atoms with Crippen LogP contribution in [0.25, 0.3) is 0 Å². The third-order valence-electron chi connectivity index (χ3n) is 5.39. The zero-order valence-corrected chi connectivity index (χ0v) is 13.6. The van der Waals surface area contributed by atoms with Gasteiger partial charge < -0.3 is 15.2 Å². The summed E-state index contributed by atoms with van der Waals surface area (Å²) in [6.07, 6.45) is 7.73. The lowest BCUT2D eigenvalue weighted by molar-refractivity contribution is -0.0146. The Morgan fingerprint density at radius 1 is 1.35 bits per heavy atom. The second-order valence-corrected chi connectivity index (χ2v) is 7.00. The van der Waals surface area contributed by atoms with E-state index >= 15 is 0 Å². The number of aromatic amines is 1. The highest BCUT2D eigenvalue weighted by molar-refractivity contribution is 5.92. The Morgan fingerprint density at radius 3 is 2.78 bits per heavy atom. The van der Waals surface area contributed by atoms with Crippen LogP contribution in [-0.2, 0) is 4.74 Å². The smallest absolute Gasteiger partial charge is 0.271 e. The van der Waals surface area contributed by atoms with E-state index in [0.717, 1.165) is 18.5 Å². The average molecular weight is 321 g/mol. The van der Waals surface area contributed by atoms with Crippen molar-refractivity contribution in [3.8, 4) is 0 Å². The van der Waals surface area contributed by atoms with Crippen LogP contribution in [0.4, 0.5) is 0 Å². The van der Waals surface area contributed by atoms with Crippen LogP contribution in [0.3, 0.4) is 0 Å². The first kappa shape index (κ1) is 16.5. The van der Waals surface area contributed by atoms with Gasteiger partial charge in [0, 0.05) is 36.8 Å². The second kappa shape index (κ2) is 7.45. The van der Waals surface area contributed by atoms with Gasteiger partial charge in [0.15, 0.2) is 0 Å². The number of amides is 1. The Bertz CT molecular complexity index is 517. The van der Waals surface area contributed by atoms with Gasteiger partial charge in [-0.15, -0.1) is 0 Å². The Kier molecular flexibility index (Phi) is 5.33. The van der Waals surface area contributed by atoms with Crippen molar-refractivity contribution in [1.29, 1.82) is 0 Å². The zero-order chi connectivity index (χ0) is 16.1. The maximum absolute atomic E-state index is 12.3. The number of H-pyrrole nitrogens is 1. The summed E-state index contributed by atoms with van der Waals surface area (Å²) in [6.45, 7) is 1.83. The fourth-order valence-corrected chi connectivity index (χ4v) is 3.63. The first-order valence-corrected chi connectivity index (χ1v) is 8.75. The minimum Gasteiger partial charge on any atom is -0.396 e. The van der Waals surface area contributed by atoms with E-state index in [2.05, 4.69) is 15.5 Å². The highest BCUT2D eigenvalue weighted by Gasteiger charge is 2.32. The number of rotatable bonds is 5. The first-order chi connectivity index (χ1) is 11.2. The van der Waals surface area contributed by atoms with Crippen LogP contribution in [0.2, 0.25) is 0 Å². The van der Waals surface area contributed by atoms with Crippen LogP contribution in [0, 0.1) is 5.41 Å². The molecule has 6 heteroatoms. The number of nitrogens with one attached hydrogen (secondary N) is 2. The number of aliphatic hydroxyl groups is 1. The lowest BCUT2D eigenvalue weighted by atomic mass is 9.81. The first-order valence-electron chi connectivity index (χ1n) is 8.75. The Hall–Kier alpha value is -1.40. The van der Waals surface area contributed by atoms with Gasteiger partial charge in [0.05, 0.1) is 6.61 Å². The van der Waals surface area contributed by atoms with E-state index in [-0.39, 0.29) is 17.9 Å². The largest absolute Gasteiger partial charge is 0.396 e. The molecule has 0 bridgehead atoms. The summed E-state index contributed by atoms with van der Waals surface area (Å²) in [4.78, 5) is 12.3. The summed E-state index contributed by atoms with van der Waals surface area (Å²) < 4.78 is 5.35. The van der Waals surface area contributed by atoms with E-state index < -0.39 is 0 Å². The summed E-state index contributed by atoms with van der Waals surface area (Å²) in [5.41, 5.74) is 1.28. The van der Waals surface area contributed by atoms with E-state index in [0.29, 0.717) is 31.4 Å². The van der Waals surface area contributed by atoms with Crippen molar-refractivity contribution in [2.24, 2.45) is 5.41 Å². The molecular weight excluding hydrogens is 294 g/mol. The third kappa shape index (κ3) is 3.93. The molecule has 1 aliphatic carbocycles. The number of aromatic nitrogens is 2. The predicted octanol–water partition coefficient (Wildman–Crippen LogP) is 1.98. The quantitative estimate of drug-likeness (QED) is 0.774. The van der Waals surface area contributed by atoms with Gasteiger partial charge >= 0.3 is 0 Å². The zero-order valence-electron chi connectivity index (χ0n) is 13.6. The van der Waals surface area contributed by atoms with Crippen LogP contribution in [0.5, 0.6) is 0 Å². The van der Waals surface area contributed by atoms with Crippen molar-refractivity contribution in [1.82, 2.24) is 15.5 Å². The van der Waals surface area contributed by atoms with Gasteiger partial charge in [-0.2, -0.15) is 5.10 Å². The lowest BCUT2D eigenvalue weighted by Gasteiger charge is -2.35. The molecule has 0 unspecified atom stereocenters. The number of carbonyl (C=O) groups excluding carboxylic acids is 1. The molecule has 128 valence electrons. The van der Waals surface area contributed by atoms with E-state index in [1.54, 1.807) is 0 Å². The minimum atomic E-state index is -0.254. The summed E-state index contributed by atoms with van der Waals surface area (Å²) in [6, 6.07) is 1.89. The monoisotopic (exact) mass is 321 g/mol. The van der Waals surface area contributed by atoms with Gasteiger partial charge in [-0.3, -0.25) is 9.89 Å². The van der Waals surface area contributed by atoms with E-state index in [4.69, 9.17) is 4.74 Å². The molecule has 0 aromatic carbocycles. The summed E-state index contributed by atoms with van der Waals surface area (Å²) in [5, 5.41) is 19.8. The number of hydrogen-bond donors (Lipinski definition) is 3. The molecule has 1 amide bonds. The predicted molar refractivity (Wildman–Crippen MR) is 86.3 cm³/mol. The number of carbonyl (C=O) groups is 1. The SMILES string of the molecule is O=C(NCC1(CO)CCOCC1)c1cc(C2CCCCC2)[nH]n1. The normalized spacial score (nSPS) is 22.0. The third-order valence-corrected chi connectivity index (χ3v) is 5.39. The fraction of sp³-hybridized carbons (Fsp3) is 0.765. The fourth-order valence-electron chi connectivity index (χ4n) is 3.63. The summed E-state index contributed by atoms with van der Waals surface area (Å²) in [5.74, 6) is 0.347. The van der Waals surface area contributed by atoms with Crippen molar-refractivity contribution in [3.63, 3.8) is 0 Å². The van der Waals surface area contributed by atoms with Crippen molar-refractivity contribution in [2.75, 3.05) is 26.4 Å². The van der Waals surface area contributed by atoms with E-state index in [1.165, 1.54) is 32.1 Å². The van der Waals surface area contributed by atoms with Crippen LogP contribution in [-0.4, -0.2) is 47.6 Å². The van der Waals surface area contributed by atoms with Gasteiger partial charge in [-0.25, -0.2) is 0 Å². The number of nitrogens with zero attached hydrogens (tertiary/aromatic N) is 1. The van der Waals surface area contributed by atoms with Crippen LogP contribution >= 0.6 is 0 Å². The number of hydrogen-bond acceptors (Lipinski definition) is 4. The van der Waals surface area contributed by atoms with Crippen molar-refractivity contribution in [2.45, 2.75) is 50.9 Å². The molecule has 2 aliphatic rings. The van der Waals surface area contributed by atoms with Crippen LogP contribution in [0.1, 0.15) is 67.0 Å². The van der Waals surface area contributed by atoms with Crippen LogP contribution in [0.15, 0.2) is 6.07 Å². The minimum absolute atomic E-state index is 0.0739. The van der Waals surface area contributed by atoms with E-state index in [9.17, 15) is 9.90 Å². The molecule has 1 saturated heterocycles. The second-order valence-electron chi connectivity index (χ2n) is 7.00. The standard InChI is InChI=1S/C17H27N3O3/c21-12-17(6-8-23-9-7-17)11-18-16(22)15-10-14(19-20-15)13-4-2-1-3-5-13/h10,13,21H,1-9,11-12H2,(H,18,22)(H,19,20). The average Bonchev–Trinajstić information content (AvgIpc) is 3.11. The van der Waals surface area contributed by atoms with Crippen molar-refractivity contribution in [3.05, 3.63) is 17.5 Å². The molecule has 0 radical (unpaired) electrons. The number of ether oxygens (including phenoxy) is 1. The molecule has 1 aliphatic heterocycles. The van der Waals surface area contributed by atoms with Crippen molar-refractivity contribution < 1.29 is 14.6 Å². The maximum atomic E-state index is 12.3. The van der Waals surface area contributed by atoms with Crippen LogP contribution < -0.4 is 5.32 Å². The molecule has 1 aromatic heterocycles. The Labute approximate surface area is 137 Å². The summed E-state index contributed by atoms with van der Waals surface area (Å²) in [7, 11) is 0. The van der Waals surface area contributed by atoms with Gasteiger partial charge in [-0.05, 0) is 31.7 Å². The molecule has 2 fully saturated rings. The molecule has 0 spiro atoms. The highest BCUT2D eigenvalue weighted by atomic mass is 16.5. The van der Waals surface area contributed by atoms with E-state index in [1.807, 2.05) is 6.07 Å². The molecule has 23 heavy (non-hydrogen) atoms. The molecule has 6 nitrogen and oxygen atoms in total. The maximum Gasteiger partial charge on any atom is 0.271 e. The van der Waals surface area contributed by atoms with Gasteiger partial charge in [-0.1, -0.05) is 19.3 Å².